The topological polar surface area (TPSA) is 105 Å². The molecule has 0 atom stereocenters. The summed E-state index contributed by atoms with van der Waals surface area (Å²) >= 11 is 0. The van der Waals surface area contributed by atoms with Crippen molar-refractivity contribution in [1.82, 2.24) is 4.98 Å². The third-order valence-corrected chi connectivity index (χ3v) is 1.22. The van der Waals surface area contributed by atoms with Crippen LogP contribution < -0.4 is 5.73 Å². The average Bonchev–Trinajstić information content (AvgIpc) is 2.05. The number of nitrogens with two attached hydrogens (primary N) is 1. The van der Waals surface area contributed by atoms with E-state index in [2.05, 4.69) is 15.0 Å². The number of rotatable bonds is 1. The van der Waals surface area contributed by atoms with Gasteiger partial charge in [-0.25, -0.2) is 0 Å². The van der Waals surface area contributed by atoms with Gasteiger partial charge in [0.15, 0.2) is 0 Å². The Morgan fingerprint density at radius 3 is 3.08 bits per heavy atom. The Bertz CT molecular complexity index is 355. The summed E-state index contributed by atoms with van der Waals surface area (Å²) in [6.45, 7) is 0. The van der Waals surface area contributed by atoms with Crippen LogP contribution in [0.5, 0.6) is 0 Å². The van der Waals surface area contributed by atoms with Crippen molar-refractivity contribution in [2.24, 2.45) is 5.11 Å². The van der Waals surface area contributed by atoms with E-state index in [9.17, 15) is 4.79 Å². The molecule has 6 heteroatoms. The average molecular weight is 163 g/mol. The summed E-state index contributed by atoms with van der Waals surface area (Å²) in [5.74, 6) is -0.719. The van der Waals surface area contributed by atoms with E-state index in [4.69, 9.17) is 11.3 Å². The molecule has 1 heterocycles. The monoisotopic (exact) mass is 163 g/mol. The van der Waals surface area contributed by atoms with E-state index >= 15 is 0 Å². The Hall–Kier alpha value is -2.07. The first-order chi connectivity index (χ1) is 5.75. The number of carbonyl (C=O) groups is 1. The van der Waals surface area contributed by atoms with Gasteiger partial charge in [0.2, 0.25) is 0 Å². The number of nitrogen functional groups attached to an aromatic ring is 1. The first-order valence-corrected chi connectivity index (χ1v) is 3.04. The van der Waals surface area contributed by atoms with Gasteiger partial charge in [0, 0.05) is 23.0 Å². The van der Waals surface area contributed by atoms with E-state index in [1.165, 1.54) is 18.5 Å². The highest BCUT2D eigenvalue weighted by Gasteiger charge is 2.05. The predicted molar refractivity (Wildman–Crippen MR) is 42.1 cm³/mol. The molecule has 0 aliphatic rings. The molecule has 0 aromatic carbocycles. The fourth-order valence-electron chi connectivity index (χ4n) is 0.678. The molecule has 0 aliphatic heterocycles. The van der Waals surface area contributed by atoms with Crippen LogP contribution in [0.1, 0.15) is 10.4 Å². The van der Waals surface area contributed by atoms with Gasteiger partial charge in [0.1, 0.15) is 0 Å². The molecule has 0 fully saturated rings. The zero-order chi connectivity index (χ0) is 8.97. The molecule has 60 valence electrons. The van der Waals surface area contributed by atoms with E-state index in [0.717, 1.165) is 0 Å². The zero-order valence-corrected chi connectivity index (χ0v) is 6.01. The highest BCUT2D eigenvalue weighted by atomic mass is 16.1. The molecule has 1 aromatic heterocycles. The molecule has 1 amide bonds. The lowest BCUT2D eigenvalue weighted by Crippen LogP contribution is -2.00. The SMILES string of the molecule is [N-]=[N+]=NC(=O)c1cnccc1N. The molecular weight excluding hydrogens is 158 g/mol. The maximum atomic E-state index is 10.9. The van der Waals surface area contributed by atoms with Gasteiger partial charge < -0.3 is 5.73 Å². The van der Waals surface area contributed by atoms with Gasteiger partial charge in [-0.05, 0) is 16.7 Å². The number of hydrogen-bond acceptors (Lipinski definition) is 3. The summed E-state index contributed by atoms with van der Waals surface area (Å²) < 4.78 is 0. The quantitative estimate of drug-likeness (QED) is 0.380. The Balaban J connectivity index is 3.11. The van der Waals surface area contributed by atoms with Crippen LogP contribution in [0.25, 0.3) is 10.4 Å². The fraction of sp³-hybridized carbons (Fsp3) is 0. The van der Waals surface area contributed by atoms with Crippen molar-refractivity contribution in [3.63, 3.8) is 0 Å². The molecule has 1 aromatic rings. The number of hydrogen-bond donors (Lipinski definition) is 1. The Morgan fingerprint density at radius 1 is 1.75 bits per heavy atom. The molecule has 0 saturated heterocycles. The summed E-state index contributed by atoms with van der Waals surface area (Å²) in [5, 5.41) is 2.88. The Morgan fingerprint density at radius 2 is 2.50 bits per heavy atom. The summed E-state index contributed by atoms with van der Waals surface area (Å²) in [4.78, 5) is 16.9. The largest absolute Gasteiger partial charge is 0.398 e. The van der Waals surface area contributed by atoms with Gasteiger partial charge in [0.05, 0.1) is 5.56 Å². The number of nitrogens with zero attached hydrogens (tertiary/aromatic N) is 4. The Kier molecular flexibility index (Phi) is 2.25. The number of azide groups is 1. The number of carbonyl (C=O) groups excluding carboxylic acids is 1. The smallest absolute Gasteiger partial charge is 0.252 e. The van der Waals surface area contributed by atoms with Crippen LogP contribution in [0, 0.1) is 0 Å². The second kappa shape index (κ2) is 3.36. The standard InChI is InChI=1S/C6H5N5O/c7-5-1-2-9-3-4(5)6(12)10-11-8/h1-3H,(H2,7,9). The van der Waals surface area contributed by atoms with Crippen molar-refractivity contribution in [3.05, 3.63) is 34.5 Å². The van der Waals surface area contributed by atoms with Gasteiger partial charge in [-0.15, -0.1) is 0 Å². The summed E-state index contributed by atoms with van der Waals surface area (Å²) in [6.07, 6.45) is 2.70. The minimum Gasteiger partial charge on any atom is -0.398 e. The molecule has 0 saturated carbocycles. The third kappa shape index (κ3) is 1.50. The first kappa shape index (κ1) is 8.03. The number of aromatic nitrogens is 1. The van der Waals surface area contributed by atoms with E-state index in [-0.39, 0.29) is 11.3 Å². The molecular formula is C6H5N5O. The minimum atomic E-state index is -0.719. The van der Waals surface area contributed by atoms with Gasteiger partial charge in [-0.1, -0.05) is 0 Å². The number of pyridine rings is 1. The van der Waals surface area contributed by atoms with Gasteiger partial charge in [0.25, 0.3) is 5.91 Å². The van der Waals surface area contributed by atoms with Gasteiger partial charge in [-0.2, -0.15) is 0 Å². The van der Waals surface area contributed by atoms with E-state index in [1.54, 1.807) is 0 Å². The molecule has 12 heavy (non-hydrogen) atoms. The zero-order valence-electron chi connectivity index (χ0n) is 6.01. The van der Waals surface area contributed by atoms with Crippen LogP contribution in [-0.2, 0) is 0 Å². The van der Waals surface area contributed by atoms with Crippen molar-refractivity contribution < 1.29 is 4.79 Å². The van der Waals surface area contributed by atoms with Crippen LogP contribution in [-0.4, -0.2) is 10.9 Å². The molecule has 2 N–H and O–H groups in total. The van der Waals surface area contributed by atoms with Crippen LogP contribution in [0.4, 0.5) is 5.69 Å². The maximum absolute atomic E-state index is 10.9. The lowest BCUT2D eigenvalue weighted by Gasteiger charge is -1.96. The third-order valence-electron chi connectivity index (χ3n) is 1.22. The maximum Gasteiger partial charge on any atom is 0.252 e. The minimum absolute atomic E-state index is 0.121. The summed E-state index contributed by atoms with van der Waals surface area (Å²) in [7, 11) is 0. The first-order valence-electron chi connectivity index (χ1n) is 3.04. The number of anilines is 1. The fourth-order valence-corrected chi connectivity index (χ4v) is 0.678. The lowest BCUT2D eigenvalue weighted by atomic mass is 10.2. The molecule has 1 rings (SSSR count). The van der Waals surface area contributed by atoms with E-state index < -0.39 is 5.91 Å². The molecule has 0 aliphatic carbocycles. The lowest BCUT2D eigenvalue weighted by molar-refractivity contribution is 0.100. The van der Waals surface area contributed by atoms with Crippen LogP contribution in [0.15, 0.2) is 23.6 Å². The molecule has 6 nitrogen and oxygen atoms in total. The normalized spacial score (nSPS) is 8.67. The van der Waals surface area contributed by atoms with Crippen molar-refractivity contribution >= 4 is 11.6 Å². The van der Waals surface area contributed by atoms with Crippen LogP contribution in [0.3, 0.4) is 0 Å². The molecule has 0 spiro atoms. The Labute approximate surface area is 67.7 Å². The molecule has 0 unspecified atom stereocenters. The van der Waals surface area contributed by atoms with Crippen molar-refractivity contribution in [2.75, 3.05) is 5.73 Å². The predicted octanol–water partition coefficient (Wildman–Crippen LogP) is 1.11. The van der Waals surface area contributed by atoms with Crippen molar-refractivity contribution in [1.29, 1.82) is 0 Å². The van der Waals surface area contributed by atoms with Crippen LogP contribution in [0.2, 0.25) is 0 Å². The van der Waals surface area contributed by atoms with Crippen molar-refractivity contribution in [3.8, 4) is 0 Å². The molecule has 0 radical (unpaired) electrons. The van der Waals surface area contributed by atoms with Crippen LogP contribution >= 0.6 is 0 Å². The van der Waals surface area contributed by atoms with E-state index in [1.807, 2.05) is 0 Å². The highest BCUT2D eigenvalue weighted by molar-refractivity contribution is 5.99. The summed E-state index contributed by atoms with van der Waals surface area (Å²) in [6, 6.07) is 1.46. The van der Waals surface area contributed by atoms with E-state index in [0.29, 0.717) is 0 Å². The van der Waals surface area contributed by atoms with Crippen molar-refractivity contribution in [2.45, 2.75) is 0 Å². The second-order valence-electron chi connectivity index (χ2n) is 1.96. The van der Waals surface area contributed by atoms with Gasteiger partial charge >= 0.3 is 0 Å². The second-order valence-corrected chi connectivity index (χ2v) is 1.96. The highest BCUT2D eigenvalue weighted by Crippen LogP contribution is 2.09. The number of amides is 1. The molecule has 0 bridgehead atoms. The van der Waals surface area contributed by atoms with Gasteiger partial charge in [-0.3, -0.25) is 9.78 Å². The summed E-state index contributed by atoms with van der Waals surface area (Å²) in [5.41, 5.74) is 13.7.